The number of hydrogen-bond acceptors (Lipinski definition) is 4. The molecule has 4 rings (SSSR count). The summed E-state index contributed by atoms with van der Waals surface area (Å²) in [5, 5.41) is 0.764. The van der Waals surface area contributed by atoms with Crippen molar-refractivity contribution >= 4 is 29.6 Å². The van der Waals surface area contributed by atoms with E-state index in [1.807, 2.05) is 61.5 Å². The van der Waals surface area contributed by atoms with E-state index in [4.69, 9.17) is 11.6 Å². The number of nitrogens with zero attached hydrogens (tertiary/aromatic N) is 4. The molecule has 2 aliphatic rings. The van der Waals surface area contributed by atoms with Crippen LogP contribution in [0.15, 0.2) is 59.8 Å². The van der Waals surface area contributed by atoms with Gasteiger partial charge >= 0.3 is 6.03 Å². The van der Waals surface area contributed by atoms with Crippen LogP contribution in [0.2, 0.25) is 0 Å². The largest absolute Gasteiger partial charge is 0.328 e. The lowest BCUT2D eigenvalue weighted by Gasteiger charge is -2.41. The second-order valence-electron chi connectivity index (χ2n) is 8.05. The average Bonchev–Trinajstić information content (AvgIpc) is 2.97. The molecule has 162 valence electrons. The summed E-state index contributed by atoms with van der Waals surface area (Å²) in [7, 11) is 0. The van der Waals surface area contributed by atoms with Gasteiger partial charge in [-0.15, -0.1) is 0 Å². The van der Waals surface area contributed by atoms with Crippen molar-refractivity contribution in [1.29, 1.82) is 0 Å². The van der Waals surface area contributed by atoms with Gasteiger partial charge in [0.05, 0.1) is 12.2 Å². The van der Waals surface area contributed by atoms with Gasteiger partial charge in [-0.1, -0.05) is 48.0 Å². The summed E-state index contributed by atoms with van der Waals surface area (Å²) in [6.07, 6.45) is 4.88. The van der Waals surface area contributed by atoms with Crippen molar-refractivity contribution in [2.45, 2.75) is 31.8 Å². The Morgan fingerprint density at radius 3 is 2.45 bits per heavy atom. The number of aromatic nitrogens is 1. The van der Waals surface area contributed by atoms with Crippen molar-refractivity contribution in [3.8, 4) is 0 Å². The van der Waals surface area contributed by atoms with Gasteiger partial charge in [0.1, 0.15) is 5.54 Å². The Balaban J connectivity index is 1.44. The van der Waals surface area contributed by atoms with Crippen molar-refractivity contribution in [3.05, 3.63) is 71.0 Å². The molecule has 0 aliphatic carbocycles. The molecule has 2 saturated heterocycles. The Labute approximate surface area is 188 Å². The number of hydrogen-bond donors (Lipinski definition) is 0. The Bertz CT molecular complexity index is 956. The van der Waals surface area contributed by atoms with E-state index in [0.717, 1.165) is 10.6 Å². The van der Waals surface area contributed by atoms with E-state index in [1.54, 1.807) is 11.1 Å². The molecule has 0 bridgehead atoms. The van der Waals surface area contributed by atoms with Gasteiger partial charge in [0.25, 0.3) is 5.91 Å². The molecule has 6 nitrogen and oxygen atoms in total. The minimum absolute atomic E-state index is 0.101. The van der Waals surface area contributed by atoms with Crippen molar-refractivity contribution < 1.29 is 9.59 Å². The quantitative estimate of drug-likeness (QED) is 0.640. The third kappa shape index (κ3) is 4.36. The number of halogens is 1. The number of pyridine rings is 1. The fourth-order valence-corrected chi connectivity index (χ4v) is 4.86. The first-order valence-corrected chi connectivity index (χ1v) is 11.1. The zero-order valence-corrected chi connectivity index (χ0v) is 18.5. The number of piperidine rings is 1. The molecule has 2 aliphatic heterocycles. The third-order valence-corrected chi connectivity index (χ3v) is 6.39. The minimum atomic E-state index is -0.757. The van der Waals surface area contributed by atoms with Crippen LogP contribution in [0.3, 0.4) is 0 Å². The molecule has 31 heavy (non-hydrogen) atoms. The summed E-state index contributed by atoms with van der Waals surface area (Å²) < 4.78 is 0. The van der Waals surface area contributed by atoms with Crippen LogP contribution < -0.4 is 0 Å². The maximum absolute atomic E-state index is 13.4. The molecular formula is C24H27ClN4O2. The summed E-state index contributed by atoms with van der Waals surface area (Å²) in [6.45, 7) is 4.73. The highest BCUT2D eigenvalue weighted by Crippen LogP contribution is 2.38. The molecule has 2 aromatic rings. The molecule has 0 N–H and O–H groups in total. The van der Waals surface area contributed by atoms with Gasteiger partial charge in [-0.25, -0.2) is 4.79 Å². The van der Waals surface area contributed by atoms with Gasteiger partial charge in [0.15, 0.2) is 0 Å². The molecule has 0 atom stereocenters. The Hall–Kier alpha value is -2.70. The Morgan fingerprint density at radius 2 is 1.81 bits per heavy atom. The van der Waals surface area contributed by atoms with Crippen molar-refractivity contribution in [2.24, 2.45) is 0 Å². The van der Waals surface area contributed by atoms with E-state index >= 15 is 0 Å². The lowest BCUT2D eigenvalue weighted by Crippen LogP contribution is -2.56. The van der Waals surface area contributed by atoms with Gasteiger partial charge < -0.3 is 4.90 Å². The van der Waals surface area contributed by atoms with Crippen LogP contribution in [0.5, 0.6) is 0 Å². The zero-order valence-electron chi connectivity index (χ0n) is 17.7. The first kappa shape index (κ1) is 21.5. The molecule has 2 fully saturated rings. The predicted octanol–water partition coefficient (Wildman–Crippen LogP) is 3.98. The molecule has 1 spiro atoms. The Morgan fingerprint density at radius 1 is 1.10 bits per heavy atom. The van der Waals surface area contributed by atoms with Crippen LogP contribution in [0.25, 0.3) is 6.08 Å². The summed E-state index contributed by atoms with van der Waals surface area (Å²) >= 11 is 6.49. The van der Waals surface area contributed by atoms with Crippen LogP contribution in [0, 0.1) is 0 Å². The summed E-state index contributed by atoms with van der Waals surface area (Å²) in [6, 6.07) is 15.3. The number of likely N-dealkylation sites (tertiary alicyclic amines) is 1. The van der Waals surface area contributed by atoms with Crippen LogP contribution in [-0.4, -0.2) is 63.3 Å². The molecule has 0 saturated carbocycles. The normalized spacial score (nSPS) is 19.5. The number of rotatable bonds is 6. The zero-order chi connectivity index (χ0) is 21.8. The van der Waals surface area contributed by atoms with Crippen LogP contribution in [0.1, 0.15) is 31.0 Å². The average molecular weight is 439 g/mol. The number of carbonyl (C=O) groups excluding carboxylic acids is 2. The molecule has 7 heteroatoms. The summed E-state index contributed by atoms with van der Waals surface area (Å²) in [5.74, 6) is -0.101. The van der Waals surface area contributed by atoms with Crippen molar-refractivity contribution in [2.75, 3.05) is 26.2 Å². The highest BCUT2D eigenvalue weighted by molar-refractivity contribution is 6.31. The number of likely N-dealkylation sites (N-methyl/N-ethyl adjacent to an activating group) is 1. The molecule has 1 aromatic heterocycles. The summed E-state index contributed by atoms with van der Waals surface area (Å²) in [5.41, 5.74) is 1.03. The van der Waals surface area contributed by atoms with E-state index in [-0.39, 0.29) is 18.5 Å². The van der Waals surface area contributed by atoms with Crippen LogP contribution in [-0.2, 0) is 11.3 Å². The fourth-order valence-electron chi connectivity index (χ4n) is 4.57. The topological polar surface area (TPSA) is 56.8 Å². The van der Waals surface area contributed by atoms with E-state index in [9.17, 15) is 9.59 Å². The van der Waals surface area contributed by atoms with E-state index in [0.29, 0.717) is 44.7 Å². The van der Waals surface area contributed by atoms with Crippen molar-refractivity contribution in [1.82, 2.24) is 19.7 Å². The third-order valence-electron chi connectivity index (χ3n) is 6.16. The standard InChI is InChI=1S/C24H27ClN4O2/c1-2-29-23(31)28(18-21-10-6-7-13-26-21)22(30)24(29)11-14-27(15-12-24)17-20(25)16-19-8-4-3-5-9-19/h3-10,13,16H,2,11-12,14-15,17-18H2,1H3. The smallest absolute Gasteiger partial charge is 0.310 e. The monoisotopic (exact) mass is 438 g/mol. The molecule has 3 heterocycles. The maximum atomic E-state index is 13.4. The minimum Gasteiger partial charge on any atom is -0.310 e. The second-order valence-corrected chi connectivity index (χ2v) is 8.53. The molecule has 0 unspecified atom stereocenters. The molecule has 0 radical (unpaired) electrons. The highest BCUT2D eigenvalue weighted by atomic mass is 35.5. The van der Waals surface area contributed by atoms with Gasteiger partial charge in [0.2, 0.25) is 0 Å². The number of carbonyl (C=O) groups is 2. The Kier molecular flexibility index (Phi) is 6.39. The highest BCUT2D eigenvalue weighted by Gasteiger charge is 2.57. The SMILES string of the molecule is CCN1C(=O)N(Cc2ccccn2)C(=O)C12CCN(CC(Cl)=Cc1ccccc1)CC2. The van der Waals surface area contributed by atoms with Gasteiger partial charge in [0, 0.05) is 37.4 Å². The van der Waals surface area contributed by atoms with Gasteiger partial charge in [-0.05, 0) is 43.5 Å². The van der Waals surface area contributed by atoms with E-state index in [2.05, 4.69) is 9.88 Å². The first-order valence-electron chi connectivity index (χ1n) is 10.7. The maximum Gasteiger partial charge on any atom is 0.328 e. The van der Waals surface area contributed by atoms with Crippen molar-refractivity contribution in [3.63, 3.8) is 0 Å². The molecule has 1 aromatic carbocycles. The number of benzene rings is 1. The lowest BCUT2D eigenvalue weighted by molar-refractivity contribution is -0.136. The molecular weight excluding hydrogens is 412 g/mol. The number of amides is 3. The predicted molar refractivity (Wildman–Crippen MR) is 121 cm³/mol. The number of urea groups is 1. The second kappa shape index (κ2) is 9.20. The number of imide groups is 1. The van der Waals surface area contributed by atoms with E-state index < -0.39 is 5.54 Å². The van der Waals surface area contributed by atoms with E-state index in [1.165, 1.54) is 4.90 Å². The fraction of sp³-hybridized carbons (Fsp3) is 0.375. The van der Waals surface area contributed by atoms with Crippen LogP contribution in [0.4, 0.5) is 4.79 Å². The summed E-state index contributed by atoms with van der Waals surface area (Å²) in [4.78, 5) is 36.1. The molecule has 3 amide bonds. The first-order chi connectivity index (χ1) is 15.0. The van der Waals surface area contributed by atoms with Gasteiger partial charge in [-0.2, -0.15) is 0 Å². The van der Waals surface area contributed by atoms with Gasteiger partial charge in [-0.3, -0.25) is 19.6 Å². The van der Waals surface area contributed by atoms with Crippen LogP contribution >= 0.6 is 11.6 Å². The lowest BCUT2D eigenvalue weighted by atomic mass is 9.85.